The molecule has 5 atom stereocenters. The van der Waals surface area contributed by atoms with Crippen LogP contribution in [0.5, 0.6) is 11.5 Å². The van der Waals surface area contributed by atoms with Crippen molar-refractivity contribution in [3.05, 3.63) is 71.8 Å². The Balaban J connectivity index is 0.964. The number of ether oxygens (including phenoxy) is 3. The zero-order valence-corrected chi connectivity index (χ0v) is 27.5. The van der Waals surface area contributed by atoms with Crippen molar-refractivity contribution in [1.82, 2.24) is 19.3 Å². The van der Waals surface area contributed by atoms with Crippen LogP contribution in [0.15, 0.2) is 64.0 Å². The van der Waals surface area contributed by atoms with Gasteiger partial charge < -0.3 is 23.7 Å². The van der Waals surface area contributed by atoms with E-state index >= 15 is 0 Å². The van der Waals surface area contributed by atoms with Gasteiger partial charge in [0.1, 0.15) is 27.5 Å². The van der Waals surface area contributed by atoms with Crippen molar-refractivity contribution in [2.75, 3.05) is 24.6 Å². The van der Waals surface area contributed by atoms with Crippen molar-refractivity contribution < 1.29 is 23.2 Å². The van der Waals surface area contributed by atoms with Gasteiger partial charge in [-0.25, -0.2) is 13.9 Å². The number of hydrogen-bond acceptors (Lipinski definition) is 9. The van der Waals surface area contributed by atoms with E-state index in [-0.39, 0.29) is 17.4 Å². The van der Waals surface area contributed by atoms with E-state index in [0.717, 1.165) is 67.9 Å². The monoisotopic (exact) mass is 665 g/mol. The molecular formula is C35H35N7O5S. The van der Waals surface area contributed by atoms with Gasteiger partial charge in [0.2, 0.25) is 0 Å². The number of imidazole rings is 1. The molecule has 3 fully saturated rings. The Bertz CT molecular complexity index is 2160. The first-order valence-corrected chi connectivity index (χ1v) is 18.0. The Morgan fingerprint density at radius 2 is 1.98 bits per heavy atom. The van der Waals surface area contributed by atoms with Gasteiger partial charge in [-0.05, 0) is 80.5 Å². The Labute approximate surface area is 278 Å². The summed E-state index contributed by atoms with van der Waals surface area (Å²) in [5, 5.41) is 9.18. The van der Waals surface area contributed by atoms with Gasteiger partial charge in [0, 0.05) is 38.7 Å². The number of hydrogen-bond donors (Lipinski definition) is 1. The van der Waals surface area contributed by atoms with Crippen LogP contribution >= 0.6 is 0 Å². The predicted molar refractivity (Wildman–Crippen MR) is 176 cm³/mol. The smallest absolute Gasteiger partial charge is 0.292 e. The van der Waals surface area contributed by atoms with Crippen LogP contribution in [-0.4, -0.2) is 56.5 Å². The lowest BCUT2D eigenvalue weighted by molar-refractivity contribution is -0.118. The fourth-order valence-corrected chi connectivity index (χ4v) is 9.49. The van der Waals surface area contributed by atoms with Crippen molar-refractivity contribution >= 4 is 32.5 Å². The van der Waals surface area contributed by atoms with Crippen LogP contribution < -0.4 is 19.1 Å². The molecule has 13 heteroatoms. The maximum absolute atomic E-state index is 13.6. The molecule has 2 aromatic heterocycles. The van der Waals surface area contributed by atoms with E-state index in [1.807, 2.05) is 31.2 Å². The zero-order valence-electron chi connectivity index (χ0n) is 26.7. The molecule has 1 saturated carbocycles. The third-order valence-electron chi connectivity index (χ3n) is 10.7. The number of pyridine rings is 1. The number of nitriles is 1. The van der Waals surface area contributed by atoms with E-state index in [1.54, 1.807) is 25.1 Å². The molecule has 246 valence electrons. The van der Waals surface area contributed by atoms with Crippen LogP contribution in [0.3, 0.4) is 0 Å². The van der Waals surface area contributed by atoms with E-state index in [0.29, 0.717) is 40.1 Å². The fourth-order valence-electron chi connectivity index (χ4n) is 7.68. The van der Waals surface area contributed by atoms with Crippen LogP contribution in [0, 0.1) is 16.7 Å². The number of para-hydroxylation sites is 1. The molecule has 1 aliphatic carbocycles. The molecule has 1 amide bonds. The Hall–Kier alpha value is -4.51. The lowest BCUT2D eigenvalue weighted by Crippen LogP contribution is -2.36. The number of carbonyl (C=O) groups excluding carboxylic acids is 1. The molecule has 48 heavy (non-hydrogen) atoms. The normalized spacial score (nSPS) is 29.9. The molecule has 6 heterocycles. The Morgan fingerprint density at radius 3 is 2.67 bits per heavy atom. The summed E-state index contributed by atoms with van der Waals surface area (Å²) in [5.74, 6) is 1.29. The summed E-state index contributed by atoms with van der Waals surface area (Å²) >= 11 is 0. The summed E-state index contributed by atoms with van der Waals surface area (Å²) in [4.78, 5) is 24.6. The first-order chi connectivity index (χ1) is 23.2. The maximum atomic E-state index is 13.6. The lowest BCUT2D eigenvalue weighted by Gasteiger charge is -2.35. The third-order valence-corrected chi connectivity index (χ3v) is 12.7. The first kappa shape index (κ1) is 29.6. The highest BCUT2D eigenvalue weighted by Gasteiger charge is 2.58. The first-order valence-electron chi connectivity index (χ1n) is 16.5. The van der Waals surface area contributed by atoms with Crippen LogP contribution in [0.4, 0.5) is 5.69 Å². The number of nitrogens with one attached hydrogen (secondary N) is 1. The SMILES string of the molecule is C[C@H]1NS(=O)(c2ccc3nc(C4CC45CCN(c4cccc6c4O[C@@](C)(c4ccc(C#N)cn4)O6)CC5)n(CC4CCO4)c3c2)=NC1=O. The summed E-state index contributed by atoms with van der Waals surface area (Å²) in [6.45, 7) is 6.74. The fraction of sp³-hybridized carbons (Fsp3) is 0.429. The van der Waals surface area contributed by atoms with Crippen LogP contribution in [0.2, 0.25) is 0 Å². The number of benzene rings is 2. The van der Waals surface area contributed by atoms with Gasteiger partial charge in [-0.15, -0.1) is 4.36 Å². The average Bonchev–Trinajstić information content (AvgIpc) is 3.30. The number of fused-ring (bicyclic) bond motifs is 2. The maximum Gasteiger partial charge on any atom is 0.292 e. The minimum Gasteiger partial charge on any atom is -0.443 e. The second kappa shape index (κ2) is 10.5. The van der Waals surface area contributed by atoms with Crippen LogP contribution in [-0.2, 0) is 31.8 Å². The molecule has 9 rings (SSSR count). The minimum atomic E-state index is -3.03. The van der Waals surface area contributed by atoms with Crippen molar-refractivity contribution in [1.29, 1.82) is 5.26 Å². The molecule has 4 aliphatic heterocycles. The topological polar surface area (TPSA) is 144 Å². The van der Waals surface area contributed by atoms with Gasteiger partial charge in [0.05, 0.1) is 45.9 Å². The molecule has 2 aromatic carbocycles. The molecule has 1 spiro atoms. The van der Waals surface area contributed by atoms with Crippen LogP contribution in [0.25, 0.3) is 11.0 Å². The van der Waals surface area contributed by atoms with Gasteiger partial charge in [0.25, 0.3) is 11.7 Å². The second-order valence-corrected chi connectivity index (χ2v) is 15.7. The summed E-state index contributed by atoms with van der Waals surface area (Å²) in [7, 11) is -3.03. The Kier molecular flexibility index (Phi) is 6.47. The quantitative estimate of drug-likeness (QED) is 0.308. The molecular weight excluding hydrogens is 630 g/mol. The summed E-state index contributed by atoms with van der Waals surface area (Å²) in [6, 6.07) is 16.6. The van der Waals surface area contributed by atoms with Crippen molar-refractivity contribution in [3.8, 4) is 17.6 Å². The molecule has 1 N–H and O–H groups in total. The highest BCUT2D eigenvalue weighted by atomic mass is 32.2. The summed E-state index contributed by atoms with van der Waals surface area (Å²) in [5.41, 5.74) is 4.01. The number of rotatable bonds is 6. The van der Waals surface area contributed by atoms with E-state index in [1.165, 1.54) is 6.20 Å². The number of carbonyl (C=O) groups is 1. The molecule has 2 saturated heterocycles. The van der Waals surface area contributed by atoms with Gasteiger partial charge in [0.15, 0.2) is 11.5 Å². The zero-order chi connectivity index (χ0) is 32.8. The van der Waals surface area contributed by atoms with Crippen molar-refractivity contribution in [3.63, 3.8) is 0 Å². The highest BCUT2D eigenvalue weighted by molar-refractivity contribution is 7.92. The summed E-state index contributed by atoms with van der Waals surface area (Å²) < 4.78 is 41.4. The molecule has 3 unspecified atom stereocenters. The van der Waals surface area contributed by atoms with Gasteiger partial charge in [-0.3, -0.25) is 9.78 Å². The molecule has 0 bridgehead atoms. The standard InChI is InChI=1S/C35H35N7O5S/c1-21-33(43)40-48(44,39-21)24-7-8-26-28(16-24)42(20-23-10-15-45-23)32(38-26)25-17-35(25)11-13-41(14-12-35)27-4-3-5-29-31(27)47-34(2,46-29)30-9-6-22(18-36)19-37-30/h3-9,16,19,21,23,25H,10-15,17,20H2,1-2H3,(H,39,40,43,44)/t21-,23?,25?,34+,48?/m1/s1. The number of amides is 1. The lowest BCUT2D eigenvalue weighted by atomic mass is 9.90. The largest absolute Gasteiger partial charge is 0.443 e. The number of anilines is 1. The molecule has 4 aromatic rings. The van der Waals surface area contributed by atoms with Crippen molar-refractivity contribution in [2.24, 2.45) is 9.78 Å². The van der Waals surface area contributed by atoms with E-state index < -0.39 is 21.7 Å². The number of nitrogens with zero attached hydrogens (tertiary/aromatic N) is 6. The second-order valence-electron chi connectivity index (χ2n) is 13.7. The minimum absolute atomic E-state index is 0.123. The number of piperidine rings is 1. The summed E-state index contributed by atoms with van der Waals surface area (Å²) in [6.07, 6.45) is 5.75. The average molecular weight is 666 g/mol. The van der Waals surface area contributed by atoms with Gasteiger partial charge >= 0.3 is 0 Å². The Morgan fingerprint density at radius 1 is 1.15 bits per heavy atom. The molecule has 5 aliphatic rings. The number of aromatic nitrogens is 3. The van der Waals surface area contributed by atoms with E-state index in [2.05, 4.69) is 35.7 Å². The molecule has 12 nitrogen and oxygen atoms in total. The van der Waals surface area contributed by atoms with Gasteiger partial charge in [-0.2, -0.15) is 5.26 Å². The van der Waals surface area contributed by atoms with Crippen LogP contribution in [0.1, 0.15) is 62.5 Å². The van der Waals surface area contributed by atoms with E-state index in [4.69, 9.17) is 19.2 Å². The third kappa shape index (κ3) is 4.61. The highest BCUT2D eigenvalue weighted by Crippen LogP contribution is 2.65. The van der Waals surface area contributed by atoms with E-state index in [9.17, 15) is 14.3 Å². The predicted octanol–water partition coefficient (Wildman–Crippen LogP) is 4.77. The molecule has 0 radical (unpaired) electrons. The van der Waals surface area contributed by atoms with Gasteiger partial charge in [-0.1, -0.05) is 6.07 Å². The van der Waals surface area contributed by atoms with Crippen molar-refractivity contribution in [2.45, 2.75) is 74.8 Å².